The number of nitrogens with one attached hydrogen (secondary N) is 1. The van der Waals surface area contributed by atoms with Gasteiger partial charge in [0.2, 0.25) is 13.3 Å². The molecule has 1 amide bonds. The summed E-state index contributed by atoms with van der Waals surface area (Å²) < 4.78 is 85.4. The van der Waals surface area contributed by atoms with Crippen molar-refractivity contribution in [2.24, 2.45) is 0 Å². The maximum Gasteiger partial charge on any atom is 0.509 e. The molecule has 0 saturated carbocycles. The van der Waals surface area contributed by atoms with Gasteiger partial charge in [0, 0.05) is 52.8 Å². The van der Waals surface area contributed by atoms with Gasteiger partial charge in [0.15, 0.2) is 18.7 Å². The maximum absolute atomic E-state index is 14.8. The molecule has 0 aromatic rings. The Morgan fingerprint density at radius 2 is 1.00 bits per heavy atom. The van der Waals surface area contributed by atoms with E-state index in [-0.39, 0.29) is 63.7 Å². The first kappa shape index (κ1) is 87.3. The van der Waals surface area contributed by atoms with Crippen molar-refractivity contribution in [1.82, 2.24) is 5.32 Å². The second kappa shape index (κ2) is 59.1. The van der Waals surface area contributed by atoms with E-state index in [1.54, 1.807) is 26.4 Å². The van der Waals surface area contributed by atoms with Crippen molar-refractivity contribution in [2.75, 3.05) is 66.2 Å². The molecule has 0 bridgehead atoms. The molecule has 2 saturated heterocycles. The van der Waals surface area contributed by atoms with E-state index in [1.165, 1.54) is 122 Å². The van der Waals surface area contributed by atoms with Crippen LogP contribution in [0.5, 0.6) is 0 Å². The number of carbonyl (C=O) groups excluding carboxylic acids is 3. The third kappa shape index (κ3) is 40.9. The Kier molecular flexibility index (Phi) is 54.9. The number of rotatable bonds is 65. The Labute approximate surface area is 572 Å². The predicted molar refractivity (Wildman–Crippen MR) is 380 cm³/mol. The lowest BCUT2D eigenvalue weighted by atomic mass is 9.95. The van der Waals surface area contributed by atoms with Gasteiger partial charge in [-0.05, 0) is 57.8 Å². The summed E-state index contributed by atoms with van der Waals surface area (Å²) in [5.41, 5.74) is 0. The number of hydrogen-bond donors (Lipinski definition) is 2. The van der Waals surface area contributed by atoms with Gasteiger partial charge in [0.1, 0.15) is 55.1 Å². The standard InChI is InChI=1S/C76H138NO16P/c1-10-17-21-25-28-31-32-33-34-35-36-37-39-42-46-50-56-86-73-72(87-57-53-64(84-9)52-48-43-24-20-13-4)70(93-94(82,58-15-6)59-16-7)65(61-83-8)91-75(73)89-62-66-69(92-76(81)88-54-14-5)71(85-55-49-45-41-30-27-23-19-12-3)68(74(80)90-66)77-67(79)60-63(78)51-47-44-40-38-29-26-22-18-11-2/h14-16,31-32,64-66,68-75,80H,5-7,10-13,17-30,33-62H2,1-4,8-9H3,(H,77,79)/b32-31-/t64-,65-,66-,68-,69-,70-,71-,72+,73-,74+,75-/m1/s1. The summed E-state index contributed by atoms with van der Waals surface area (Å²) in [6.07, 6.45) is 39.1. The highest BCUT2D eigenvalue weighted by atomic mass is 31.2. The van der Waals surface area contributed by atoms with E-state index >= 15 is 0 Å². The molecule has 17 nitrogen and oxygen atoms in total. The molecule has 2 heterocycles. The molecule has 548 valence electrons. The number of methoxy groups -OCH3 is 2. The fourth-order valence-electron chi connectivity index (χ4n) is 12.4. The molecule has 2 N–H and O–H groups in total. The van der Waals surface area contributed by atoms with Gasteiger partial charge in [0.05, 0.1) is 25.7 Å². The Balaban J connectivity index is 2.57. The zero-order valence-corrected chi connectivity index (χ0v) is 61.2. The lowest BCUT2D eigenvalue weighted by Gasteiger charge is -2.47. The SMILES string of the molecule is C=CCOC(=O)O[C@H]1[C@H](OCCCCCCCCCC)[C@@H](NC(=O)CC(=O)CCCCCCCCCCC)[C@@H](O)O[C@@H]1CO[C@@H]1O[C@H](COC)[C@@H](OP(=O)(CC=C)CC=C)[C@H](OCC[C@@H](CCCCCCC)OC)[C@H]1OCCCCCCCCCC/C=C\CCCCCC. The Hall–Kier alpha value is -2.80. The smallest absolute Gasteiger partial charge is 0.430 e. The minimum atomic E-state index is -3.47. The Bertz CT molecular complexity index is 1950. The zero-order chi connectivity index (χ0) is 68.5. The van der Waals surface area contributed by atoms with Crippen LogP contribution >= 0.6 is 7.37 Å². The van der Waals surface area contributed by atoms with Crippen LogP contribution in [0.3, 0.4) is 0 Å². The van der Waals surface area contributed by atoms with Gasteiger partial charge in [-0.15, -0.1) is 13.2 Å². The van der Waals surface area contributed by atoms with E-state index in [0.717, 1.165) is 109 Å². The van der Waals surface area contributed by atoms with E-state index in [4.69, 9.17) is 51.9 Å². The van der Waals surface area contributed by atoms with Crippen LogP contribution < -0.4 is 5.32 Å². The van der Waals surface area contributed by atoms with Crippen molar-refractivity contribution >= 4 is 25.2 Å². The van der Waals surface area contributed by atoms with Crippen LogP contribution in [-0.2, 0) is 66.0 Å². The fraction of sp³-hybridized carbons (Fsp3) is 0.855. The molecular formula is C76H138NO16P. The summed E-state index contributed by atoms with van der Waals surface area (Å²) in [5, 5.41) is 14.9. The normalized spacial score (nSPS) is 21.9. The fourth-order valence-corrected chi connectivity index (χ4v) is 14.3. The number of carbonyl (C=O) groups is 3. The molecule has 18 heteroatoms. The first-order chi connectivity index (χ1) is 45.9. The molecule has 11 atom stereocenters. The first-order valence-electron chi connectivity index (χ1n) is 37.7. The zero-order valence-electron chi connectivity index (χ0n) is 60.3. The third-order valence-corrected chi connectivity index (χ3v) is 20.2. The highest BCUT2D eigenvalue weighted by Gasteiger charge is 2.53. The molecule has 0 aromatic carbocycles. The van der Waals surface area contributed by atoms with E-state index < -0.39 is 87.2 Å². The second-order valence-corrected chi connectivity index (χ2v) is 28.9. The van der Waals surface area contributed by atoms with Crippen molar-refractivity contribution in [3.05, 3.63) is 50.1 Å². The molecule has 0 spiro atoms. The number of ketones is 1. The van der Waals surface area contributed by atoms with E-state index in [0.29, 0.717) is 25.9 Å². The van der Waals surface area contributed by atoms with Gasteiger partial charge in [-0.2, -0.15) is 0 Å². The van der Waals surface area contributed by atoms with Gasteiger partial charge in [-0.25, -0.2) is 4.79 Å². The predicted octanol–water partition coefficient (Wildman–Crippen LogP) is 18.3. The highest BCUT2D eigenvalue weighted by molar-refractivity contribution is 7.59. The van der Waals surface area contributed by atoms with Gasteiger partial charge in [-0.3, -0.25) is 14.2 Å². The Morgan fingerprint density at radius 3 is 1.52 bits per heavy atom. The molecule has 2 aliphatic heterocycles. The van der Waals surface area contributed by atoms with Crippen LogP contribution in [0.25, 0.3) is 0 Å². The lowest BCUT2D eigenvalue weighted by Crippen LogP contribution is -2.66. The molecular weight excluding hydrogens is 1210 g/mol. The summed E-state index contributed by atoms with van der Waals surface area (Å²) in [6.45, 7) is 20.6. The third-order valence-electron chi connectivity index (χ3n) is 17.9. The summed E-state index contributed by atoms with van der Waals surface area (Å²) >= 11 is 0. The first-order valence-corrected chi connectivity index (χ1v) is 39.7. The van der Waals surface area contributed by atoms with Crippen LogP contribution in [0.2, 0.25) is 0 Å². The van der Waals surface area contributed by atoms with Gasteiger partial charge in [0.25, 0.3) is 0 Å². The number of unbranched alkanes of at least 4 members (excludes halogenated alkanes) is 31. The molecule has 2 fully saturated rings. The van der Waals surface area contributed by atoms with Gasteiger partial charge in [-0.1, -0.05) is 251 Å². The maximum atomic E-state index is 14.8. The highest BCUT2D eigenvalue weighted by Crippen LogP contribution is 2.51. The summed E-state index contributed by atoms with van der Waals surface area (Å²) in [6, 6.07) is -1.27. The minimum Gasteiger partial charge on any atom is -0.430 e. The van der Waals surface area contributed by atoms with Crippen LogP contribution in [-0.4, -0.2) is 157 Å². The number of allylic oxidation sites excluding steroid dienone is 4. The average molecular weight is 1350 g/mol. The second-order valence-electron chi connectivity index (χ2n) is 26.3. The quantitative estimate of drug-likeness (QED) is 0.0191. The number of hydrogen-bond acceptors (Lipinski definition) is 16. The van der Waals surface area contributed by atoms with Gasteiger partial charge < -0.3 is 62.3 Å². The van der Waals surface area contributed by atoms with Crippen molar-refractivity contribution in [3.8, 4) is 0 Å². The Morgan fingerprint density at radius 1 is 0.521 bits per heavy atom. The number of aliphatic hydroxyl groups is 1. The van der Waals surface area contributed by atoms with Crippen LogP contribution in [0.4, 0.5) is 4.79 Å². The van der Waals surface area contributed by atoms with Crippen molar-refractivity contribution in [2.45, 2.75) is 352 Å². The molecule has 0 aromatic heterocycles. The molecule has 0 aliphatic carbocycles. The van der Waals surface area contributed by atoms with E-state index in [9.17, 15) is 24.1 Å². The van der Waals surface area contributed by atoms with E-state index in [1.807, 2.05) is 0 Å². The van der Waals surface area contributed by atoms with Crippen LogP contribution in [0, 0.1) is 0 Å². The van der Waals surface area contributed by atoms with E-state index in [2.05, 4.69) is 64.9 Å². The monoisotopic (exact) mass is 1350 g/mol. The van der Waals surface area contributed by atoms with Crippen molar-refractivity contribution in [3.63, 3.8) is 0 Å². The summed E-state index contributed by atoms with van der Waals surface area (Å²) in [5.74, 6) is -0.828. The number of ether oxygens (including phenoxy) is 10. The largest absolute Gasteiger partial charge is 0.509 e. The van der Waals surface area contributed by atoms with Crippen LogP contribution in [0.1, 0.15) is 285 Å². The minimum absolute atomic E-state index is 0.00911. The lowest BCUT2D eigenvalue weighted by molar-refractivity contribution is -0.328. The summed E-state index contributed by atoms with van der Waals surface area (Å²) in [7, 11) is -0.206. The molecule has 2 aliphatic rings. The van der Waals surface area contributed by atoms with Gasteiger partial charge >= 0.3 is 6.16 Å². The number of aliphatic hydroxyl groups excluding tert-OH is 1. The summed E-state index contributed by atoms with van der Waals surface area (Å²) in [4.78, 5) is 40.8. The molecule has 94 heavy (non-hydrogen) atoms. The molecule has 0 radical (unpaired) electrons. The number of amides is 1. The molecule has 0 unspecified atom stereocenters. The topological polar surface area (TPSA) is 202 Å². The van der Waals surface area contributed by atoms with Crippen LogP contribution in [0.15, 0.2) is 50.1 Å². The average Bonchev–Trinajstić information content (AvgIpc) is 0.789. The van der Waals surface area contributed by atoms with Crippen molar-refractivity contribution < 1.29 is 75.9 Å². The molecule has 2 rings (SSSR count). The van der Waals surface area contributed by atoms with Crippen molar-refractivity contribution in [1.29, 1.82) is 0 Å². The number of Topliss-reactive ketones (excluding diaryl/α,β-unsaturated/α-hetero) is 1.